The number of aromatic amines is 1. The van der Waals surface area contributed by atoms with Crippen LogP contribution in [0, 0.1) is 6.92 Å². The van der Waals surface area contributed by atoms with Gasteiger partial charge in [-0.2, -0.15) is 5.10 Å². The average Bonchev–Trinajstić information content (AvgIpc) is 3.00. The molecule has 2 N–H and O–H groups in total. The lowest BCUT2D eigenvalue weighted by Crippen LogP contribution is -2.20. The molecule has 7 nitrogen and oxygen atoms in total. The van der Waals surface area contributed by atoms with Crippen molar-refractivity contribution < 1.29 is 0 Å². The van der Waals surface area contributed by atoms with Crippen LogP contribution in [0.15, 0.2) is 47.5 Å². The molecule has 4 rings (SSSR count). The van der Waals surface area contributed by atoms with Gasteiger partial charge in [0.1, 0.15) is 0 Å². The predicted octanol–water partition coefficient (Wildman–Crippen LogP) is 3.85. The number of H-pyrrole nitrogens is 1. The number of rotatable bonds is 4. The molecule has 28 heavy (non-hydrogen) atoms. The molecule has 142 valence electrons. The summed E-state index contributed by atoms with van der Waals surface area (Å²) in [6.07, 6.45) is 3.61. The van der Waals surface area contributed by atoms with Gasteiger partial charge in [-0.15, -0.1) is 0 Å². The van der Waals surface area contributed by atoms with E-state index in [9.17, 15) is 4.79 Å². The van der Waals surface area contributed by atoms with Crippen LogP contribution in [0.4, 0.5) is 5.95 Å². The standard InChI is InChI=1S/C20H19ClN6O/c1-11(14-9-13-5-4-6-16(21)18(13)25-19(14)28)23-20-22-8-7-17(24-20)15-10-27(3)26-12(15)2/h4-11H,1-3H3,(H,25,28)(H,22,23,24)/t11-/m0/s1. The van der Waals surface area contributed by atoms with Gasteiger partial charge in [0, 0.05) is 36.0 Å². The number of para-hydroxylation sites is 1. The molecule has 3 aromatic heterocycles. The molecule has 1 aromatic carbocycles. The number of hydrogen-bond donors (Lipinski definition) is 2. The van der Waals surface area contributed by atoms with Crippen LogP contribution in [0.5, 0.6) is 0 Å². The molecule has 0 unspecified atom stereocenters. The minimum Gasteiger partial charge on any atom is -0.347 e. The zero-order valence-electron chi connectivity index (χ0n) is 15.7. The van der Waals surface area contributed by atoms with Gasteiger partial charge in [-0.1, -0.05) is 23.7 Å². The Morgan fingerprint density at radius 3 is 2.86 bits per heavy atom. The molecule has 0 spiro atoms. The average molecular weight is 395 g/mol. The first-order valence-electron chi connectivity index (χ1n) is 8.84. The van der Waals surface area contributed by atoms with Crippen molar-refractivity contribution in [2.24, 2.45) is 7.05 Å². The Morgan fingerprint density at radius 2 is 2.11 bits per heavy atom. The maximum atomic E-state index is 12.5. The summed E-state index contributed by atoms with van der Waals surface area (Å²) in [5.74, 6) is 0.443. The molecule has 0 saturated carbocycles. The maximum absolute atomic E-state index is 12.5. The number of fused-ring (bicyclic) bond motifs is 1. The molecule has 0 aliphatic rings. The summed E-state index contributed by atoms with van der Waals surface area (Å²) in [5.41, 5.74) is 3.63. The van der Waals surface area contributed by atoms with Crippen LogP contribution in [0.3, 0.4) is 0 Å². The van der Waals surface area contributed by atoms with Crippen molar-refractivity contribution >= 4 is 28.5 Å². The SMILES string of the molecule is Cc1nn(C)cc1-c1ccnc(N[C@@H](C)c2cc3cccc(Cl)c3[nH]c2=O)n1. The van der Waals surface area contributed by atoms with Gasteiger partial charge in [-0.3, -0.25) is 9.48 Å². The molecule has 0 aliphatic heterocycles. The lowest BCUT2D eigenvalue weighted by molar-refractivity contribution is 0.756. The highest BCUT2D eigenvalue weighted by atomic mass is 35.5. The van der Waals surface area contributed by atoms with E-state index in [2.05, 4.69) is 25.4 Å². The molecule has 8 heteroatoms. The molecular weight excluding hydrogens is 376 g/mol. The third-order valence-electron chi connectivity index (χ3n) is 4.61. The summed E-state index contributed by atoms with van der Waals surface area (Å²) in [4.78, 5) is 24.3. The van der Waals surface area contributed by atoms with E-state index in [1.807, 2.05) is 51.4 Å². The van der Waals surface area contributed by atoms with E-state index >= 15 is 0 Å². The fourth-order valence-electron chi connectivity index (χ4n) is 3.23. The number of nitrogens with one attached hydrogen (secondary N) is 2. The Balaban J connectivity index is 1.66. The summed E-state index contributed by atoms with van der Waals surface area (Å²) >= 11 is 6.17. The van der Waals surface area contributed by atoms with Crippen molar-refractivity contribution in [2.45, 2.75) is 19.9 Å². The molecule has 0 radical (unpaired) electrons. The monoisotopic (exact) mass is 394 g/mol. The van der Waals surface area contributed by atoms with Gasteiger partial charge in [-0.25, -0.2) is 9.97 Å². The van der Waals surface area contributed by atoms with Crippen molar-refractivity contribution in [3.8, 4) is 11.3 Å². The number of halogens is 1. The normalized spacial score (nSPS) is 12.3. The molecule has 3 heterocycles. The van der Waals surface area contributed by atoms with Gasteiger partial charge in [-0.05, 0) is 32.0 Å². The highest BCUT2D eigenvalue weighted by Crippen LogP contribution is 2.24. The van der Waals surface area contributed by atoms with E-state index in [0.717, 1.165) is 22.3 Å². The number of pyridine rings is 1. The third kappa shape index (κ3) is 3.36. The van der Waals surface area contributed by atoms with E-state index < -0.39 is 0 Å². The molecule has 4 aromatic rings. The lowest BCUT2D eigenvalue weighted by Gasteiger charge is -2.14. The topological polar surface area (TPSA) is 88.5 Å². The Bertz CT molecular complexity index is 1230. The van der Waals surface area contributed by atoms with Gasteiger partial charge < -0.3 is 10.3 Å². The summed E-state index contributed by atoms with van der Waals surface area (Å²) in [6.45, 7) is 3.83. The predicted molar refractivity (Wildman–Crippen MR) is 111 cm³/mol. The first-order valence-corrected chi connectivity index (χ1v) is 9.22. The molecule has 0 saturated heterocycles. The zero-order chi connectivity index (χ0) is 19.8. The Kier molecular flexibility index (Phi) is 4.60. The summed E-state index contributed by atoms with van der Waals surface area (Å²) < 4.78 is 1.75. The minimum atomic E-state index is -0.294. The van der Waals surface area contributed by atoms with E-state index in [0.29, 0.717) is 22.1 Å². The van der Waals surface area contributed by atoms with Gasteiger partial charge >= 0.3 is 0 Å². The van der Waals surface area contributed by atoms with Crippen molar-refractivity contribution in [3.63, 3.8) is 0 Å². The zero-order valence-corrected chi connectivity index (χ0v) is 16.4. The lowest BCUT2D eigenvalue weighted by atomic mass is 10.1. The smallest absolute Gasteiger partial charge is 0.253 e. The Morgan fingerprint density at radius 1 is 1.29 bits per heavy atom. The van der Waals surface area contributed by atoms with Crippen LogP contribution in [-0.4, -0.2) is 24.7 Å². The number of benzene rings is 1. The van der Waals surface area contributed by atoms with E-state index in [-0.39, 0.29) is 11.6 Å². The summed E-state index contributed by atoms with van der Waals surface area (Å²) in [5, 5.41) is 8.96. The molecule has 0 amide bonds. The summed E-state index contributed by atoms with van der Waals surface area (Å²) in [7, 11) is 1.87. The van der Waals surface area contributed by atoms with E-state index in [1.165, 1.54) is 0 Å². The number of anilines is 1. The molecule has 0 bridgehead atoms. The van der Waals surface area contributed by atoms with Crippen molar-refractivity contribution in [2.75, 3.05) is 5.32 Å². The van der Waals surface area contributed by atoms with Crippen LogP contribution < -0.4 is 10.9 Å². The van der Waals surface area contributed by atoms with Crippen LogP contribution >= 0.6 is 11.6 Å². The van der Waals surface area contributed by atoms with E-state index in [1.54, 1.807) is 16.9 Å². The van der Waals surface area contributed by atoms with Gasteiger partial charge in [0.2, 0.25) is 5.95 Å². The second kappa shape index (κ2) is 7.09. The second-order valence-corrected chi connectivity index (χ2v) is 7.10. The number of nitrogens with zero attached hydrogens (tertiary/aromatic N) is 4. The molecule has 0 fully saturated rings. The number of hydrogen-bond acceptors (Lipinski definition) is 5. The number of aryl methyl sites for hydroxylation is 2. The van der Waals surface area contributed by atoms with Crippen LogP contribution in [0.2, 0.25) is 5.02 Å². The van der Waals surface area contributed by atoms with Crippen molar-refractivity contribution in [1.82, 2.24) is 24.7 Å². The minimum absolute atomic E-state index is 0.195. The molecule has 1 atom stereocenters. The van der Waals surface area contributed by atoms with Crippen LogP contribution in [0.1, 0.15) is 24.2 Å². The summed E-state index contributed by atoms with van der Waals surface area (Å²) in [6, 6.07) is 8.90. The number of aromatic nitrogens is 5. The van der Waals surface area contributed by atoms with Gasteiger partial charge in [0.25, 0.3) is 5.56 Å². The largest absolute Gasteiger partial charge is 0.347 e. The van der Waals surface area contributed by atoms with Gasteiger partial charge in [0.15, 0.2) is 0 Å². The van der Waals surface area contributed by atoms with Crippen LogP contribution in [0.25, 0.3) is 22.2 Å². The highest BCUT2D eigenvalue weighted by Gasteiger charge is 2.14. The third-order valence-corrected chi connectivity index (χ3v) is 4.93. The van der Waals surface area contributed by atoms with Crippen molar-refractivity contribution in [1.29, 1.82) is 0 Å². The molecular formula is C20H19ClN6O. The quantitative estimate of drug-likeness (QED) is 0.548. The molecule has 0 aliphatic carbocycles. The highest BCUT2D eigenvalue weighted by molar-refractivity contribution is 6.35. The fourth-order valence-corrected chi connectivity index (χ4v) is 3.46. The van der Waals surface area contributed by atoms with Gasteiger partial charge in [0.05, 0.1) is 28.0 Å². The maximum Gasteiger partial charge on any atom is 0.253 e. The second-order valence-electron chi connectivity index (χ2n) is 6.69. The first-order chi connectivity index (χ1) is 13.4. The Labute approximate surface area is 166 Å². The first kappa shape index (κ1) is 18.2. The fraction of sp³-hybridized carbons (Fsp3) is 0.200. The van der Waals surface area contributed by atoms with Crippen molar-refractivity contribution in [3.05, 3.63) is 69.4 Å². The Hall–Kier alpha value is -3.19. The van der Waals surface area contributed by atoms with E-state index in [4.69, 9.17) is 11.6 Å². The van der Waals surface area contributed by atoms with Crippen LogP contribution in [-0.2, 0) is 7.05 Å².